The molecule has 3 aliphatic rings. The Morgan fingerprint density at radius 1 is 0.836 bits per heavy atom. The molecule has 2 fully saturated rings. The van der Waals surface area contributed by atoms with Crippen LogP contribution in [0.4, 0.5) is 5.69 Å². The van der Waals surface area contributed by atoms with E-state index in [4.69, 9.17) is 14.0 Å². The second kappa shape index (κ2) is 14.4. The molecule has 2 aromatic heterocycles. The first kappa shape index (κ1) is 35.6. The Balaban J connectivity index is 0.857. The fraction of sp³-hybridized carbons (Fsp3) is 0.317. The number of ether oxygens (including phenoxy) is 2. The van der Waals surface area contributed by atoms with Gasteiger partial charge in [0.1, 0.15) is 23.6 Å². The summed E-state index contributed by atoms with van der Waals surface area (Å²) in [5.74, 6) is 1.02. The average Bonchev–Trinajstić information content (AvgIpc) is 3.72. The molecule has 1 unspecified atom stereocenters. The predicted octanol–water partition coefficient (Wildman–Crippen LogP) is 6.16. The Kier molecular flexibility index (Phi) is 9.33. The lowest BCUT2D eigenvalue weighted by atomic mass is 9.70. The number of benzene rings is 3. The number of aryl methyl sites for hydroxylation is 1. The Morgan fingerprint density at radius 2 is 1.49 bits per heavy atom. The molecule has 3 aromatic carbocycles. The molecular weight excluding hydrogens is 702 g/mol. The number of fused-ring (bicyclic) bond motifs is 1. The summed E-state index contributed by atoms with van der Waals surface area (Å²) in [6.07, 6.45) is 6.74. The number of carbonyl (C=O) groups is 4. The maximum Gasteiger partial charge on any atom is 0.262 e. The standard InChI is InChI=1S/C41H39N7O7/c1-4-41(5-2,25-8-13-29(14-9-25)54-31-21-42-36(43-22-31)37-44-23(3)55-47-37)24-6-11-28(12-7-24)53-30-18-27(19-30)45-26-10-15-32-33(20-26)40(52)48(39(32)51)34-16-17-35(49)46-38(34)50/h6-15,20-22,27,30,34,45H,4-5,16-19H2,1-3H3,(H,46,49,50)/t27-,30-,34?. The van der Waals surface area contributed by atoms with Crippen molar-refractivity contribution in [2.24, 2.45) is 0 Å². The lowest BCUT2D eigenvalue weighted by Gasteiger charge is -2.37. The highest BCUT2D eigenvalue weighted by atomic mass is 16.5. The number of hydrogen-bond acceptors (Lipinski definition) is 12. The molecule has 2 aliphatic heterocycles. The van der Waals surface area contributed by atoms with Crippen LogP contribution in [0.1, 0.15) is 90.1 Å². The summed E-state index contributed by atoms with van der Waals surface area (Å²) in [5.41, 5.74) is 3.41. The zero-order valence-electron chi connectivity index (χ0n) is 30.6. The van der Waals surface area contributed by atoms with Gasteiger partial charge < -0.3 is 19.3 Å². The minimum atomic E-state index is -0.991. The molecule has 0 bridgehead atoms. The topological polar surface area (TPSA) is 179 Å². The molecule has 14 nitrogen and oxygen atoms in total. The van der Waals surface area contributed by atoms with Crippen LogP contribution in [0.15, 0.2) is 83.6 Å². The van der Waals surface area contributed by atoms with Gasteiger partial charge in [-0.15, -0.1) is 0 Å². The third-order valence-corrected chi connectivity index (χ3v) is 10.8. The molecule has 1 saturated heterocycles. The first-order chi connectivity index (χ1) is 26.6. The van der Waals surface area contributed by atoms with E-state index in [0.717, 1.165) is 36.3 Å². The summed E-state index contributed by atoms with van der Waals surface area (Å²) >= 11 is 0. The molecule has 8 rings (SSSR count). The molecule has 1 aliphatic carbocycles. The van der Waals surface area contributed by atoms with Crippen LogP contribution in [0.5, 0.6) is 17.2 Å². The maximum absolute atomic E-state index is 13.2. The number of rotatable bonds is 12. The van der Waals surface area contributed by atoms with Crippen molar-refractivity contribution in [3.8, 4) is 28.9 Å². The number of aromatic nitrogens is 4. The van der Waals surface area contributed by atoms with Gasteiger partial charge in [0.2, 0.25) is 29.4 Å². The van der Waals surface area contributed by atoms with Gasteiger partial charge in [-0.3, -0.25) is 29.4 Å². The molecule has 4 heterocycles. The van der Waals surface area contributed by atoms with Crippen LogP contribution in [0.2, 0.25) is 0 Å². The summed E-state index contributed by atoms with van der Waals surface area (Å²) in [4.78, 5) is 63.9. The fourth-order valence-corrected chi connectivity index (χ4v) is 7.71. The van der Waals surface area contributed by atoms with E-state index in [1.54, 1.807) is 37.5 Å². The minimum Gasteiger partial charge on any atom is -0.490 e. The van der Waals surface area contributed by atoms with Crippen molar-refractivity contribution in [1.82, 2.24) is 30.3 Å². The number of piperidine rings is 1. The van der Waals surface area contributed by atoms with Gasteiger partial charge in [0.15, 0.2) is 5.75 Å². The Bertz CT molecular complexity index is 2260. The van der Waals surface area contributed by atoms with Crippen molar-refractivity contribution in [1.29, 1.82) is 0 Å². The molecule has 5 aromatic rings. The summed E-state index contributed by atoms with van der Waals surface area (Å²) in [6, 6.07) is 20.7. The van der Waals surface area contributed by atoms with Gasteiger partial charge in [-0.1, -0.05) is 43.3 Å². The molecular formula is C41H39N7O7. The van der Waals surface area contributed by atoms with Gasteiger partial charge in [0.25, 0.3) is 11.8 Å². The van der Waals surface area contributed by atoms with Gasteiger partial charge in [0.05, 0.1) is 23.5 Å². The molecule has 0 spiro atoms. The SMILES string of the molecule is CCC(CC)(c1ccc(Oc2cnc(-c3noc(C)n3)nc2)cc1)c1ccc(O[C@H]2C[C@H](Nc3ccc4c(c3)C(=O)N(C3CCC(=O)NC3=O)C4=O)C2)cc1. The van der Waals surface area contributed by atoms with Crippen molar-refractivity contribution >= 4 is 29.3 Å². The number of imide groups is 2. The summed E-state index contributed by atoms with van der Waals surface area (Å²) in [7, 11) is 0. The van der Waals surface area contributed by atoms with Crippen LogP contribution in [0.3, 0.4) is 0 Å². The Labute approximate surface area is 316 Å². The zero-order chi connectivity index (χ0) is 38.3. The molecule has 1 saturated carbocycles. The van der Waals surface area contributed by atoms with E-state index in [2.05, 4.69) is 68.9 Å². The van der Waals surface area contributed by atoms with Gasteiger partial charge in [0, 0.05) is 43.3 Å². The highest BCUT2D eigenvalue weighted by molar-refractivity contribution is 6.23. The van der Waals surface area contributed by atoms with E-state index in [1.807, 2.05) is 24.3 Å². The van der Waals surface area contributed by atoms with Gasteiger partial charge >= 0.3 is 0 Å². The van der Waals surface area contributed by atoms with E-state index >= 15 is 0 Å². The number of nitrogens with zero attached hydrogens (tertiary/aromatic N) is 5. The Morgan fingerprint density at radius 3 is 2.11 bits per heavy atom. The lowest BCUT2D eigenvalue weighted by Crippen LogP contribution is -2.54. The number of hydrogen-bond donors (Lipinski definition) is 2. The Hall–Kier alpha value is -6.44. The van der Waals surface area contributed by atoms with Crippen molar-refractivity contribution in [2.75, 3.05) is 5.32 Å². The second-order valence-electron chi connectivity index (χ2n) is 14.1. The normalized spacial score (nSPS) is 19.5. The molecule has 1 atom stereocenters. The van der Waals surface area contributed by atoms with Crippen LogP contribution in [-0.2, 0) is 15.0 Å². The number of anilines is 1. The first-order valence-electron chi connectivity index (χ1n) is 18.4. The molecule has 280 valence electrons. The average molecular weight is 742 g/mol. The van der Waals surface area contributed by atoms with Crippen molar-refractivity contribution in [3.05, 3.63) is 107 Å². The predicted molar refractivity (Wildman–Crippen MR) is 199 cm³/mol. The lowest BCUT2D eigenvalue weighted by molar-refractivity contribution is -0.136. The smallest absolute Gasteiger partial charge is 0.262 e. The van der Waals surface area contributed by atoms with Crippen LogP contribution in [0.25, 0.3) is 11.6 Å². The minimum absolute atomic E-state index is 0.0310. The van der Waals surface area contributed by atoms with Crippen LogP contribution in [-0.4, -0.2) is 66.8 Å². The van der Waals surface area contributed by atoms with Crippen LogP contribution >= 0.6 is 0 Å². The number of amides is 4. The summed E-state index contributed by atoms with van der Waals surface area (Å²) < 4.78 is 17.4. The monoisotopic (exact) mass is 741 g/mol. The first-order valence-corrected chi connectivity index (χ1v) is 18.4. The van der Waals surface area contributed by atoms with Crippen LogP contribution < -0.4 is 20.1 Å². The molecule has 14 heteroatoms. The van der Waals surface area contributed by atoms with Crippen molar-refractivity contribution < 1.29 is 33.2 Å². The largest absolute Gasteiger partial charge is 0.490 e. The highest BCUT2D eigenvalue weighted by Gasteiger charge is 2.45. The zero-order valence-corrected chi connectivity index (χ0v) is 30.6. The van der Waals surface area contributed by atoms with E-state index in [-0.39, 0.29) is 41.5 Å². The van der Waals surface area contributed by atoms with E-state index < -0.39 is 29.7 Å². The third kappa shape index (κ3) is 6.79. The molecule has 2 N–H and O–H groups in total. The maximum atomic E-state index is 13.2. The van der Waals surface area contributed by atoms with E-state index in [9.17, 15) is 19.2 Å². The molecule has 55 heavy (non-hydrogen) atoms. The van der Waals surface area contributed by atoms with Gasteiger partial charge in [-0.25, -0.2) is 9.97 Å². The van der Waals surface area contributed by atoms with Gasteiger partial charge in [-0.2, -0.15) is 4.98 Å². The fourth-order valence-electron chi connectivity index (χ4n) is 7.71. The number of nitrogens with one attached hydrogen (secondary N) is 2. The highest BCUT2D eigenvalue weighted by Crippen LogP contribution is 2.41. The second-order valence-corrected chi connectivity index (χ2v) is 14.1. The van der Waals surface area contributed by atoms with Crippen molar-refractivity contribution in [3.63, 3.8) is 0 Å². The summed E-state index contributed by atoms with van der Waals surface area (Å²) in [6.45, 7) is 6.11. The van der Waals surface area contributed by atoms with Gasteiger partial charge in [-0.05, 0) is 72.9 Å². The van der Waals surface area contributed by atoms with Crippen molar-refractivity contribution in [2.45, 2.75) is 82.9 Å². The quantitative estimate of drug-likeness (QED) is 0.139. The molecule has 4 amide bonds. The summed E-state index contributed by atoms with van der Waals surface area (Å²) in [5, 5.41) is 9.52. The van der Waals surface area contributed by atoms with E-state index in [0.29, 0.717) is 34.7 Å². The van der Waals surface area contributed by atoms with Crippen LogP contribution in [0, 0.1) is 6.92 Å². The van der Waals surface area contributed by atoms with E-state index in [1.165, 1.54) is 11.1 Å². The molecule has 0 radical (unpaired) electrons. The third-order valence-electron chi connectivity index (χ3n) is 10.8. The number of carbonyl (C=O) groups excluding carboxylic acids is 4.